The first-order valence-electron chi connectivity index (χ1n) is 3.56. The van der Waals surface area contributed by atoms with Crippen molar-refractivity contribution in [3.05, 3.63) is 12.7 Å². The van der Waals surface area contributed by atoms with E-state index in [1.54, 1.807) is 0 Å². The van der Waals surface area contributed by atoms with E-state index in [2.05, 4.69) is 13.5 Å². The predicted octanol–water partition coefficient (Wildman–Crippen LogP) is 3.51. The maximum absolute atomic E-state index is 5.89. The van der Waals surface area contributed by atoms with Gasteiger partial charge in [0, 0.05) is 5.38 Å². The van der Waals surface area contributed by atoms with Crippen LogP contribution in [-0.2, 0) is 0 Å². The van der Waals surface area contributed by atoms with Gasteiger partial charge in [-0.25, -0.2) is 0 Å². The van der Waals surface area contributed by atoms with Gasteiger partial charge in [0.25, 0.3) is 0 Å². The molecule has 0 amide bonds. The van der Waals surface area contributed by atoms with Crippen LogP contribution in [0.3, 0.4) is 0 Å². The van der Waals surface area contributed by atoms with Gasteiger partial charge >= 0.3 is 0 Å². The summed E-state index contributed by atoms with van der Waals surface area (Å²) < 4.78 is 0. The lowest BCUT2D eigenvalue weighted by molar-refractivity contribution is 0.682. The predicted molar refractivity (Wildman–Crippen MR) is 46.5 cm³/mol. The maximum Gasteiger partial charge on any atom is 0.0370 e. The minimum absolute atomic E-state index is 0. The number of allylic oxidation sites excluding steroid dienone is 1. The standard InChI is InChI=1S/C8H15Cl.FH/c1-3-5-7-8(9)6-4-2;/h4,8H,2-3,5-7H2,1H3;1H. The molecule has 1 atom stereocenters. The number of alkyl halides is 1. The summed E-state index contributed by atoms with van der Waals surface area (Å²) in [7, 11) is 0. The third-order valence-corrected chi connectivity index (χ3v) is 1.69. The minimum Gasteiger partial charge on any atom is -0.269 e. The second-order valence-electron chi connectivity index (χ2n) is 2.26. The highest BCUT2D eigenvalue weighted by Gasteiger charge is 1.98. The molecule has 0 fully saturated rings. The van der Waals surface area contributed by atoms with Crippen LogP contribution in [0.1, 0.15) is 32.6 Å². The topological polar surface area (TPSA) is 0 Å². The molecule has 62 valence electrons. The Kier molecular flexibility index (Phi) is 11.3. The monoisotopic (exact) mass is 166 g/mol. The smallest absolute Gasteiger partial charge is 0.0370 e. The molecule has 0 saturated carbocycles. The molecule has 0 N–H and O–H groups in total. The van der Waals surface area contributed by atoms with Crippen molar-refractivity contribution >= 4 is 11.6 Å². The summed E-state index contributed by atoms with van der Waals surface area (Å²) in [5, 5.41) is 0.322. The molecule has 1 unspecified atom stereocenters. The zero-order chi connectivity index (χ0) is 7.11. The maximum atomic E-state index is 5.89. The van der Waals surface area contributed by atoms with E-state index < -0.39 is 0 Å². The van der Waals surface area contributed by atoms with Crippen LogP contribution in [0, 0.1) is 0 Å². The van der Waals surface area contributed by atoms with Gasteiger partial charge in [-0.2, -0.15) is 0 Å². The van der Waals surface area contributed by atoms with Crippen LogP contribution in [-0.4, -0.2) is 5.38 Å². The van der Waals surface area contributed by atoms with Crippen LogP contribution in [0.25, 0.3) is 0 Å². The molecule has 0 aromatic carbocycles. The average Bonchev–Trinajstić information content (AvgIpc) is 1.85. The fraction of sp³-hybridized carbons (Fsp3) is 0.750. The quantitative estimate of drug-likeness (QED) is 0.433. The normalized spacial score (nSPS) is 11.8. The molecule has 0 aliphatic heterocycles. The zero-order valence-electron chi connectivity index (χ0n) is 6.48. The van der Waals surface area contributed by atoms with Crippen LogP contribution in [0.4, 0.5) is 4.70 Å². The lowest BCUT2D eigenvalue weighted by atomic mass is 10.1. The van der Waals surface area contributed by atoms with Crippen molar-refractivity contribution in [1.29, 1.82) is 0 Å². The van der Waals surface area contributed by atoms with Crippen LogP contribution < -0.4 is 0 Å². The number of halogens is 2. The van der Waals surface area contributed by atoms with E-state index in [1.165, 1.54) is 12.8 Å². The summed E-state index contributed by atoms with van der Waals surface area (Å²) in [5.41, 5.74) is 0. The molecule has 0 saturated heterocycles. The first-order chi connectivity index (χ1) is 4.31. The van der Waals surface area contributed by atoms with Crippen LogP contribution in [0.15, 0.2) is 12.7 Å². The molecule has 0 aromatic rings. The van der Waals surface area contributed by atoms with Crippen molar-refractivity contribution in [3.63, 3.8) is 0 Å². The van der Waals surface area contributed by atoms with E-state index in [4.69, 9.17) is 11.6 Å². The Bertz CT molecular complexity index is 73.7. The molecule has 0 rings (SSSR count). The Morgan fingerprint density at radius 1 is 1.60 bits per heavy atom. The summed E-state index contributed by atoms with van der Waals surface area (Å²) in [6.07, 6.45) is 6.43. The van der Waals surface area contributed by atoms with Gasteiger partial charge in [0.05, 0.1) is 0 Å². The Balaban J connectivity index is 0. The summed E-state index contributed by atoms with van der Waals surface area (Å²) in [6.45, 7) is 5.80. The third-order valence-electron chi connectivity index (χ3n) is 1.29. The Morgan fingerprint density at radius 2 is 2.20 bits per heavy atom. The summed E-state index contributed by atoms with van der Waals surface area (Å²) in [4.78, 5) is 0. The minimum atomic E-state index is 0. The second kappa shape index (κ2) is 8.96. The third kappa shape index (κ3) is 7.96. The van der Waals surface area contributed by atoms with Gasteiger partial charge in [-0.1, -0.05) is 25.8 Å². The molecular weight excluding hydrogens is 151 g/mol. The lowest BCUT2D eigenvalue weighted by Gasteiger charge is -2.02. The van der Waals surface area contributed by atoms with E-state index in [0.29, 0.717) is 5.38 Å². The number of hydrogen-bond acceptors (Lipinski definition) is 0. The molecule has 0 aromatic heterocycles. The molecule has 2 heteroatoms. The molecule has 0 aliphatic rings. The summed E-state index contributed by atoms with van der Waals surface area (Å²) in [5.74, 6) is 0. The largest absolute Gasteiger partial charge is 0.269 e. The highest BCUT2D eigenvalue weighted by Crippen LogP contribution is 2.10. The average molecular weight is 167 g/mol. The van der Waals surface area contributed by atoms with Gasteiger partial charge in [0.1, 0.15) is 0 Å². The number of rotatable bonds is 5. The second-order valence-corrected chi connectivity index (χ2v) is 2.88. The van der Waals surface area contributed by atoms with Crippen LogP contribution >= 0.6 is 11.6 Å². The van der Waals surface area contributed by atoms with Crippen LogP contribution in [0.5, 0.6) is 0 Å². The molecule has 0 heterocycles. The Labute approximate surface area is 67.6 Å². The van der Waals surface area contributed by atoms with Gasteiger partial charge in [0.15, 0.2) is 0 Å². The zero-order valence-corrected chi connectivity index (χ0v) is 7.23. The highest BCUT2D eigenvalue weighted by molar-refractivity contribution is 6.20. The van der Waals surface area contributed by atoms with Crippen molar-refractivity contribution in [3.8, 4) is 0 Å². The summed E-state index contributed by atoms with van der Waals surface area (Å²) >= 11 is 5.89. The van der Waals surface area contributed by atoms with Gasteiger partial charge < -0.3 is 0 Å². The molecule has 0 bridgehead atoms. The van der Waals surface area contributed by atoms with Gasteiger partial charge in [0.2, 0.25) is 0 Å². The van der Waals surface area contributed by atoms with Crippen molar-refractivity contribution in [1.82, 2.24) is 0 Å². The number of hydrogen-bond donors (Lipinski definition) is 0. The van der Waals surface area contributed by atoms with E-state index in [-0.39, 0.29) is 4.70 Å². The lowest BCUT2D eigenvalue weighted by Crippen LogP contribution is -1.94. The fourth-order valence-electron chi connectivity index (χ4n) is 0.724. The Morgan fingerprint density at radius 3 is 2.60 bits per heavy atom. The van der Waals surface area contributed by atoms with Crippen molar-refractivity contribution in [2.75, 3.05) is 0 Å². The molecular formula is C8H16ClF. The first kappa shape index (κ1) is 12.6. The van der Waals surface area contributed by atoms with Crippen molar-refractivity contribution in [2.24, 2.45) is 0 Å². The first-order valence-corrected chi connectivity index (χ1v) is 3.99. The van der Waals surface area contributed by atoms with Gasteiger partial charge in [-0.15, -0.1) is 18.2 Å². The van der Waals surface area contributed by atoms with E-state index in [0.717, 1.165) is 12.8 Å². The van der Waals surface area contributed by atoms with E-state index >= 15 is 0 Å². The SMILES string of the molecule is C=CCC(Cl)CCCC.F. The number of unbranched alkanes of at least 4 members (excludes halogenated alkanes) is 1. The molecule has 0 radical (unpaired) electrons. The van der Waals surface area contributed by atoms with E-state index in [9.17, 15) is 0 Å². The fourth-order valence-corrected chi connectivity index (χ4v) is 1.00. The van der Waals surface area contributed by atoms with Gasteiger partial charge in [-0.3, -0.25) is 4.70 Å². The highest BCUT2D eigenvalue weighted by atomic mass is 35.5. The van der Waals surface area contributed by atoms with Gasteiger partial charge in [-0.05, 0) is 12.8 Å². The molecule has 0 spiro atoms. The molecule has 0 aliphatic carbocycles. The Hall–Kier alpha value is -0.0400. The molecule has 10 heavy (non-hydrogen) atoms. The van der Waals surface area contributed by atoms with E-state index in [1.807, 2.05) is 6.08 Å². The molecule has 0 nitrogen and oxygen atoms in total. The van der Waals surface area contributed by atoms with Crippen LogP contribution in [0.2, 0.25) is 0 Å². The van der Waals surface area contributed by atoms with Crippen molar-refractivity contribution < 1.29 is 4.70 Å². The van der Waals surface area contributed by atoms with Crippen molar-refractivity contribution in [2.45, 2.75) is 38.0 Å². The summed E-state index contributed by atoms with van der Waals surface area (Å²) in [6, 6.07) is 0.